The summed E-state index contributed by atoms with van der Waals surface area (Å²) in [7, 11) is 0. The average Bonchev–Trinajstić information content (AvgIpc) is 2.39. The number of rotatable bonds is 1. The van der Waals surface area contributed by atoms with Gasteiger partial charge in [-0.15, -0.1) is 0 Å². The van der Waals surface area contributed by atoms with Crippen molar-refractivity contribution in [1.82, 2.24) is 0 Å². The molecular formula is C11H11ClO2. The quantitative estimate of drug-likeness (QED) is 0.668. The van der Waals surface area contributed by atoms with Crippen LogP contribution in [0.1, 0.15) is 31.1 Å². The highest BCUT2D eigenvalue weighted by Gasteiger charge is 2.31. The Bertz CT molecular complexity index is 429. The van der Waals surface area contributed by atoms with Crippen molar-refractivity contribution in [2.45, 2.75) is 25.8 Å². The molecule has 2 nitrogen and oxygen atoms in total. The summed E-state index contributed by atoms with van der Waals surface area (Å²) in [5.74, 6) is 0.499. The van der Waals surface area contributed by atoms with Gasteiger partial charge < -0.3 is 4.74 Å². The van der Waals surface area contributed by atoms with Crippen LogP contribution in [0.15, 0.2) is 12.1 Å². The molecule has 0 aromatic heterocycles. The van der Waals surface area contributed by atoms with Crippen molar-refractivity contribution in [3.05, 3.63) is 28.3 Å². The van der Waals surface area contributed by atoms with E-state index in [-0.39, 0.29) is 0 Å². The largest absolute Gasteiger partial charge is 0.486 e. The second kappa shape index (κ2) is 2.99. The second-order valence-electron chi connectivity index (χ2n) is 3.88. The lowest BCUT2D eigenvalue weighted by atomic mass is 10.0. The molecule has 1 heterocycles. The van der Waals surface area contributed by atoms with E-state index in [9.17, 15) is 4.79 Å². The van der Waals surface area contributed by atoms with Gasteiger partial charge in [-0.1, -0.05) is 11.6 Å². The van der Waals surface area contributed by atoms with Gasteiger partial charge in [-0.3, -0.25) is 4.79 Å². The minimum atomic E-state index is -0.606. The van der Waals surface area contributed by atoms with Crippen LogP contribution in [-0.4, -0.2) is 11.9 Å². The highest BCUT2D eigenvalue weighted by atomic mass is 35.5. The number of aldehydes is 1. The Balaban J connectivity index is 2.63. The minimum absolute atomic E-state index is 0.417. The van der Waals surface area contributed by atoms with E-state index in [1.807, 2.05) is 13.8 Å². The maximum atomic E-state index is 10.8. The molecule has 0 bridgehead atoms. The van der Waals surface area contributed by atoms with Gasteiger partial charge in [0.2, 0.25) is 0 Å². The van der Waals surface area contributed by atoms with Gasteiger partial charge in [-0.05, 0) is 26.0 Å². The highest BCUT2D eigenvalue weighted by molar-refractivity contribution is 6.31. The molecule has 1 atom stereocenters. The number of hydrogen-bond donors (Lipinski definition) is 0. The molecule has 1 aliphatic heterocycles. The second-order valence-corrected chi connectivity index (χ2v) is 4.32. The molecule has 0 saturated carbocycles. The molecular weight excluding hydrogens is 200 g/mol. The monoisotopic (exact) mass is 211 g/mol. The SMILES string of the molecule is [2H]C1c2cc(Cl)cc(C=O)c2OC1(C)C. The van der Waals surface area contributed by atoms with Crippen LogP contribution >= 0.6 is 11.6 Å². The molecule has 1 aromatic rings. The van der Waals surface area contributed by atoms with Crippen molar-refractivity contribution in [2.24, 2.45) is 0 Å². The van der Waals surface area contributed by atoms with Crippen molar-refractivity contribution in [2.75, 3.05) is 0 Å². The first kappa shape index (κ1) is 8.30. The summed E-state index contributed by atoms with van der Waals surface area (Å²) in [5, 5.41) is 0.467. The first-order valence-corrected chi connectivity index (χ1v) is 4.73. The highest BCUT2D eigenvalue weighted by Crippen LogP contribution is 2.38. The fourth-order valence-corrected chi connectivity index (χ4v) is 1.85. The summed E-state index contributed by atoms with van der Waals surface area (Å²) in [5.41, 5.74) is 0.500. The van der Waals surface area contributed by atoms with Gasteiger partial charge in [0.05, 0.1) is 5.56 Å². The van der Waals surface area contributed by atoms with Crippen LogP contribution < -0.4 is 4.74 Å². The van der Waals surface area contributed by atoms with Crippen molar-refractivity contribution in [3.8, 4) is 5.75 Å². The molecule has 2 rings (SSSR count). The van der Waals surface area contributed by atoms with E-state index in [0.717, 1.165) is 0 Å². The topological polar surface area (TPSA) is 26.3 Å². The summed E-state index contributed by atoms with van der Waals surface area (Å²) in [6, 6.07) is 3.25. The predicted molar refractivity (Wildman–Crippen MR) is 55.3 cm³/mol. The van der Waals surface area contributed by atoms with E-state index in [1.165, 1.54) is 0 Å². The summed E-state index contributed by atoms with van der Waals surface area (Å²) in [4.78, 5) is 10.8. The lowest BCUT2D eigenvalue weighted by molar-refractivity contribution is 0.110. The van der Waals surface area contributed by atoms with Crippen molar-refractivity contribution in [3.63, 3.8) is 0 Å². The summed E-state index contributed by atoms with van der Waals surface area (Å²) in [6.45, 7) is 3.65. The predicted octanol–water partition coefficient (Wildman–Crippen LogP) is 2.87. The van der Waals surface area contributed by atoms with Gasteiger partial charge in [0.1, 0.15) is 11.4 Å². The van der Waals surface area contributed by atoms with Crippen LogP contribution in [0.2, 0.25) is 5.02 Å². The fraction of sp³-hybridized carbons (Fsp3) is 0.364. The lowest BCUT2D eigenvalue weighted by Gasteiger charge is -2.17. The number of benzene rings is 1. The number of ether oxygens (including phenoxy) is 1. The zero-order valence-corrected chi connectivity index (χ0v) is 8.76. The minimum Gasteiger partial charge on any atom is -0.486 e. The van der Waals surface area contributed by atoms with E-state index in [4.69, 9.17) is 17.7 Å². The molecule has 14 heavy (non-hydrogen) atoms. The van der Waals surface area contributed by atoms with Crippen LogP contribution in [-0.2, 0) is 6.40 Å². The van der Waals surface area contributed by atoms with Gasteiger partial charge in [0.15, 0.2) is 6.29 Å². The molecule has 0 fully saturated rings. The zero-order valence-electron chi connectivity index (χ0n) is 9.00. The first-order chi connectivity index (χ1) is 6.95. The van der Waals surface area contributed by atoms with Crippen molar-refractivity contribution >= 4 is 17.9 Å². The van der Waals surface area contributed by atoms with Gasteiger partial charge in [-0.2, -0.15) is 0 Å². The maximum Gasteiger partial charge on any atom is 0.153 e. The zero-order chi connectivity index (χ0) is 11.2. The van der Waals surface area contributed by atoms with Gasteiger partial charge in [0, 0.05) is 18.4 Å². The molecule has 0 spiro atoms. The van der Waals surface area contributed by atoms with Crippen molar-refractivity contribution in [1.29, 1.82) is 0 Å². The third-order valence-corrected chi connectivity index (χ3v) is 2.32. The molecule has 1 aliphatic rings. The molecule has 1 unspecified atom stereocenters. The Morgan fingerprint density at radius 2 is 2.36 bits per heavy atom. The summed E-state index contributed by atoms with van der Waals surface area (Å²) < 4.78 is 13.6. The number of fused-ring (bicyclic) bond motifs is 1. The van der Waals surface area contributed by atoms with Crippen molar-refractivity contribution < 1.29 is 10.9 Å². The Hall–Kier alpha value is -1.02. The van der Waals surface area contributed by atoms with E-state index < -0.39 is 12.0 Å². The smallest absolute Gasteiger partial charge is 0.153 e. The summed E-state index contributed by atoms with van der Waals surface area (Å²) in [6.07, 6.45) is 0.198. The van der Waals surface area contributed by atoms with E-state index in [0.29, 0.717) is 28.2 Å². The van der Waals surface area contributed by atoms with Crippen LogP contribution in [0.4, 0.5) is 0 Å². The van der Waals surface area contributed by atoms with Crippen LogP contribution in [0.3, 0.4) is 0 Å². The van der Waals surface area contributed by atoms with Gasteiger partial charge in [0.25, 0.3) is 0 Å². The van der Waals surface area contributed by atoms with E-state index >= 15 is 0 Å². The van der Waals surface area contributed by atoms with E-state index in [1.54, 1.807) is 12.1 Å². The number of hydrogen-bond acceptors (Lipinski definition) is 2. The number of halogens is 1. The molecule has 0 saturated heterocycles. The van der Waals surface area contributed by atoms with E-state index in [2.05, 4.69) is 0 Å². The standard InChI is InChI=1S/C11H11ClO2/c1-11(2)5-7-3-9(12)4-8(6-13)10(7)14-11/h3-4,6H,5H2,1-2H3/i5D. The number of carbonyl (C=O) groups is 1. The third kappa shape index (κ3) is 1.50. The van der Waals surface area contributed by atoms with Gasteiger partial charge in [-0.25, -0.2) is 0 Å². The van der Waals surface area contributed by atoms with Crippen LogP contribution in [0.5, 0.6) is 5.75 Å². The van der Waals surface area contributed by atoms with Crippen LogP contribution in [0, 0.1) is 0 Å². The molecule has 0 N–H and O–H groups in total. The fourth-order valence-electron chi connectivity index (χ4n) is 1.62. The third-order valence-electron chi connectivity index (χ3n) is 2.11. The molecule has 74 valence electrons. The number of carbonyl (C=O) groups excluding carboxylic acids is 1. The van der Waals surface area contributed by atoms with Gasteiger partial charge >= 0.3 is 0 Å². The Morgan fingerprint density at radius 3 is 3.00 bits per heavy atom. The molecule has 0 aliphatic carbocycles. The first-order valence-electron chi connectivity index (χ1n) is 4.93. The Morgan fingerprint density at radius 1 is 1.64 bits per heavy atom. The molecule has 3 heteroatoms. The molecule has 1 aromatic carbocycles. The molecule has 0 radical (unpaired) electrons. The molecule has 0 amide bonds. The average molecular weight is 212 g/mol. The lowest BCUT2D eigenvalue weighted by Crippen LogP contribution is -2.24. The maximum absolute atomic E-state index is 10.8. The normalized spacial score (nSPS) is 23.6. The Labute approximate surface area is 89.2 Å². The summed E-state index contributed by atoms with van der Waals surface area (Å²) >= 11 is 5.87. The van der Waals surface area contributed by atoms with Crippen LogP contribution in [0.25, 0.3) is 0 Å². The Kier molecular flexibility index (Phi) is 1.77.